The molecule has 1 atom stereocenters. The fraction of sp³-hybridized carbons (Fsp3) is 0.600. The Kier molecular flexibility index (Phi) is 6.26. The maximum Gasteiger partial charge on any atom is 0.174 e. The van der Waals surface area contributed by atoms with E-state index >= 15 is 0 Å². The average molecular weight is 315 g/mol. The van der Waals surface area contributed by atoms with Crippen LogP contribution in [-0.2, 0) is 22.3 Å². The first-order valence-electron chi connectivity index (χ1n) is 7.33. The highest BCUT2D eigenvalue weighted by Crippen LogP contribution is 2.33. The summed E-state index contributed by atoms with van der Waals surface area (Å²) in [6.07, 6.45) is 1.12. The van der Waals surface area contributed by atoms with Crippen molar-refractivity contribution in [1.82, 2.24) is 5.43 Å². The molecular weight excluding hydrogens is 292 g/mol. The number of benzene rings is 1. The number of halogens is 1. The van der Waals surface area contributed by atoms with Crippen LogP contribution in [0.2, 0.25) is 5.02 Å². The maximum atomic E-state index is 6.19. The lowest BCUT2D eigenvalue weighted by atomic mass is 10.0. The molecule has 1 aliphatic rings. The Morgan fingerprint density at radius 3 is 2.67 bits per heavy atom. The lowest BCUT2D eigenvalue weighted by Crippen LogP contribution is -2.48. The molecule has 1 aromatic carbocycles. The van der Waals surface area contributed by atoms with Gasteiger partial charge in [0.25, 0.3) is 0 Å². The molecule has 118 valence electrons. The molecule has 0 amide bonds. The second-order valence-corrected chi connectivity index (χ2v) is 5.34. The van der Waals surface area contributed by atoms with Crippen LogP contribution < -0.4 is 16.0 Å². The summed E-state index contributed by atoms with van der Waals surface area (Å²) < 4.78 is 17.0. The molecule has 1 aromatic rings. The van der Waals surface area contributed by atoms with E-state index in [9.17, 15) is 0 Å². The van der Waals surface area contributed by atoms with Crippen LogP contribution in [0.1, 0.15) is 25.0 Å². The molecule has 0 spiro atoms. The van der Waals surface area contributed by atoms with Crippen molar-refractivity contribution in [1.29, 1.82) is 0 Å². The predicted octanol–water partition coefficient (Wildman–Crippen LogP) is 2.05. The minimum Gasteiger partial charge on any atom is -0.493 e. The van der Waals surface area contributed by atoms with Crippen LogP contribution >= 0.6 is 11.6 Å². The molecule has 0 aromatic heterocycles. The molecule has 0 radical (unpaired) electrons. The van der Waals surface area contributed by atoms with Crippen molar-refractivity contribution >= 4 is 11.6 Å². The molecule has 0 fully saturated rings. The Labute approximate surface area is 130 Å². The minimum atomic E-state index is -0.402. The van der Waals surface area contributed by atoms with E-state index in [0.29, 0.717) is 26.2 Å². The molecule has 1 aliphatic heterocycles. The second kappa shape index (κ2) is 7.96. The number of hydrogen-bond donors (Lipinski definition) is 2. The number of hydrogen-bond acceptors (Lipinski definition) is 5. The fourth-order valence-corrected chi connectivity index (χ4v) is 2.84. The first kappa shape index (κ1) is 16.5. The third kappa shape index (κ3) is 4.08. The minimum absolute atomic E-state index is 0.170. The summed E-state index contributed by atoms with van der Waals surface area (Å²) in [7, 11) is 0. The zero-order valence-electron chi connectivity index (χ0n) is 12.5. The van der Waals surface area contributed by atoms with Crippen molar-refractivity contribution in [3.05, 3.63) is 28.3 Å². The highest BCUT2D eigenvalue weighted by atomic mass is 35.5. The van der Waals surface area contributed by atoms with Gasteiger partial charge in [0, 0.05) is 24.7 Å². The van der Waals surface area contributed by atoms with Gasteiger partial charge in [-0.2, -0.15) is 0 Å². The zero-order chi connectivity index (χ0) is 15.2. The highest BCUT2D eigenvalue weighted by molar-refractivity contribution is 6.30. The van der Waals surface area contributed by atoms with Crippen molar-refractivity contribution in [2.75, 3.05) is 19.8 Å². The summed E-state index contributed by atoms with van der Waals surface area (Å²) in [6.45, 7) is 5.68. The molecule has 6 heteroatoms. The van der Waals surface area contributed by atoms with Crippen LogP contribution in [0.4, 0.5) is 0 Å². The number of nitrogens with two attached hydrogens (primary N) is 1. The van der Waals surface area contributed by atoms with E-state index in [4.69, 9.17) is 31.7 Å². The lowest BCUT2D eigenvalue weighted by Gasteiger charge is -2.26. The van der Waals surface area contributed by atoms with E-state index < -0.39 is 6.29 Å². The Bertz CT molecular complexity index is 464. The van der Waals surface area contributed by atoms with E-state index in [1.165, 1.54) is 0 Å². The third-order valence-corrected chi connectivity index (χ3v) is 3.69. The van der Waals surface area contributed by atoms with Crippen LogP contribution in [0.5, 0.6) is 5.75 Å². The Balaban J connectivity index is 2.18. The summed E-state index contributed by atoms with van der Waals surface area (Å²) >= 11 is 6.19. The third-order valence-electron chi connectivity index (χ3n) is 3.47. The van der Waals surface area contributed by atoms with Gasteiger partial charge in [-0.25, -0.2) is 0 Å². The van der Waals surface area contributed by atoms with Gasteiger partial charge in [0.1, 0.15) is 5.75 Å². The molecule has 21 heavy (non-hydrogen) atoms. The zero-order valence-corrected chi connectivity index (χ0v) is 13.3. The van der Waals surface area contributed by atoms with Crippen molar-refractivity contribution < 1.29 is 14.2 Å². The molecule has 0 aliphatic carbocycles. The van der Waals surface area contributed by atoms with Crippen LogP contribution in [0, 0.1) is 0 Å². The van der Waals surface area contributed by atoms with Gasteiger partial charge in [-0.1, -0.05) is 11.6 Å². The molecule has 1 heterocycles. The quantitative estimate of drug-likeness (QED) is 0.437. The van der Waals surface area contributed by atoms with E-state index in [0.717, 1.165) is 28.3 Å². The van der Waals surface area contributed by atoms with Crippen LogP contribution in [0.25, 0.3) is 0 Å². The number of fused-ring (bicyclic) bond motifs is 1. The van der Waals surface area contributed by atoms with Crippen molar-refractivity contribution in [3.8, 4) is 5.75 Å². The number of nitrogens with one attached hydrogen (secondary N) is 1. The van der Waals surface area contributed by atoms with Gasteiger partial charge in [0.2, 0.25) is 0 Å². The normalized spacial score (nSPS) is 15.1. The molecule has 0 bridgehead atoms. The summed E-state index contributed by atoms with van der Waals surface area (Å²) in [5, 5.41) is 0.717. The molecular formula is C15H23ClN2O3. The highest BCUT2D eigenvalue weighted by Gasteiger charge is 2.25. The van der Waals surface area contributed by atoms with Gasteiger partial charge >= 0.3 is 0 Å². The van der Waals surface area contributed by atoms with Gasteiger partial charge in [-0.05, 0) is 43.5 Å². The van der Waals surface area contributed by atoms with Gasteiger partial charge in [0.05, 0.1) is 12.6 Å². The van der Waals surface area contributed by atoms with Crippen LogP contribution in [0.15, 0.2) is 12.1 Å². The molecule has 1 unspecified atom stereocenters. The predicted molar refractivity (Wildman–Crippen MR) is 82.5 cm³/mol. The summed E-state index contributed by atoms with van der Waals surface area (Å²) in [6, 6.07) is 3.71. The Morgan fingerprint density at radius 1 is 1.33 bits per heavy atom. The molecule has 0 saturated heterocycles. The summed E-state index contributed by atoms with van der Waals surface area (Å²) in [5.74, 6) is 6.60. The van der Waals surface area contributed by atoms with Crippen molar-refractivity contribution in [2.45, 2.75) is 39.0 Å². The molecule has 5 nitrogen and oxygen atoms in total. The summed E-state index contributed by atoms with van der Waals surface area (Å²) in [5.41, 5.74) is 4.96. The van der Waals surface area contributed by atoms with E-state index in [1.54, 1.807) is 0 Å². The second-order valence-electron chi connectivity index (χ2n) is 4.91. The Morgan fingerprint density at radius 2 is 2.05 bits per heavy atom. The number of hydrazine groups is 1. The monoisotopic (exact) mass is 314 g/mol. The largest absolute Gasteiger partial charge is 0.493 e. The molecule has 3 N–H and O–H groups in total. The van der Waals surface area contributed by atoms with E-state index in [-0.39, 0.29) is 6.04 Å². The van der Waals surface area contributed by atoms with Gasteiger partial charge in [-0.3, -0.25) is 11.3 Å². The SMILES string of the molecule is CCOC(OCC)C(Cc1cc(Cl)cc2c1OCC2)NN. The fourth-order valence-electron chi connectivity index (χ4n) is 2.58. The van der Waals surface area contributed by atoms with Crippen molar-refractivity contribution in [2.24, 2.45) is 5.84 Å². The number of rotatable bonds is 8. The van der Waals surface area contributed by atoms with Gasteiger partial charge in [-0.15, -0.1) is 0 Å². The van der Waals surface area contributed by atoms with Gasteiger partial charge < -0.3 is 14.2 Å². The number of ether oxygens (including phenoxy) is 3. The smallest absolute Gasteiger partial charge is 0.174 e. The topological polar surface area (TPSA) is 65.7 Å². The molecule has 2 rings (SSSR count). The Hall–Kier alpha value is -0.850. The first-order valence-corrected chi connectivity index (χ1v) is 7.70. The van der Waals surface area contributed by atoms with Gasteiger partial charge in [0.15, 0.2) is 6.29 Å². The van der Waals surface area contributed by atoms with Crippen LogP contribution in [-0.4, -0.2) is 32.2 Å². The van der Waals surface area contributed by atoms with Crippen molar-refractivity contribution in [3.63, 3.8) is 0 Å². The summed E-state index contributed by atoms with van der Waals surface area (Å²) in [4.78, 5) is 0. The van der Waals surface area contributed by atoms with Crippen LogP contribution in [0.3, 0.4) is 0 Å². The lowest BCUT2D eigenvalue weighted by molar-refractivity contribution is -0.153. The standard InChI is InChI=1S/C15H23ClN2O3/c1-3-19-15(20-4-2)13(18-17)9-11-8-12(16)7-10-5-6-21-14(10)11/h7-8,13,15,18H,3-6,9,17H2,1-2H3. The molecule has 0 saturated carbocycles. The first-order chi connectivity index (χ1) is 10.2. The maximum absolute atomic E-state index is 6.19. The van der Waals surface area contributed by atoms with E-state index in [1.807, 2.05) is 26.0 Å². The average Bonchev–Trinajstić information content (AvgIpc) is 2.92. The van der Waals surface area contributed by atoms with E-state index in [2.05, 4.69) is 5.43 Å².